The fourth-order valence-electron chi connectivity index (χ4n) is 4.13. The lowest BCUT2D eigenvalue weighted by molar-refractivity contribution is -0.111. The molecule has 0 unspecified atom stereocenters. The zero-order valence-corrected chi connectivity index (χ0v) is 21.8. The van der Waals surface area contributed by atoms with Crippen LogP contribution in [0.25, 0.3) is 22.2 Å². The summed E-state index contributed by atoms with van der Waals surface area (Å²) in [6.07, 6.45) is 4.93. The van der Waals surface area contributed by atoms with Gasteiger partial charge >= 0.3 is 0 Å². The number of aromatic nitrogens is 3. The smallest absolute Gasteiger partial charge is 0.247 e. The minimum absolute atomic E-state index is 0.364. The lowest BCUT2D eigenvalue weighted by Gasteiger charge is -2.25. The van der Waals surface area contributed by atoms with Gasteiger partial charge in [-0.1, -0.05) is 24.8 Å². The Kier molecular flexibility index (Phi) is 7.86. The molecule has 0 fully saturated rings. The summed E-state index contributed by atoms with van der Waals surface area (Å²) in [5, 5.41) is 11.4. The summed E-state index contributed by atoms with van der Waals surface area (Å²) in [5.74, 6) is 0.524. The zero-order valence-electron chi connectivity index (χ0n) is 21.8. The third kappa shape index (κ3) is 5.56. The number of carbonyl (C=O) groups excluding carboxylic acids is 1. The van der Waals surface area contributed by atoms with Crippen molar-refractivity contribution in [2.24, 2.45) is 12.3 Å². The van der Waals surface area contributed by atoms with Gasteiger partial charge in [0.15, 0.2) is 0 Å². The molecule has 0 spiro atoms. The summed E-state index contributed by atoms with van der Waals surface area (Å²) in [7, 11) is 7.01. The molecule has 11 nitrogen and oxygen atoms in total. The number of fused-ring (bicyclic) bond motifs is 1. The highest BCUT2D eigenvalue weighted by atomic mass is 16.5. The van der Waals surface area contributed by atoms with Crippen LogP contribution < -0.4 is 20.3 Å². The number of amides is 1. The lowest BCUT2D eigenvalue weighted by Crippen LogP contribution is -2.28. The Morgan fingerprint density at radius 1 is 1.18 bits per heavy atom. The number of aryl methyl sites for hydroxylation is 1. The molecule has 2 aromatic carbocycles. The molecule has 4 aromatic rings. The van der Waals surface area contributed by atoms with Crippen molar-refractivity contribution in [3.05, 3.63) is 72.4 Å². The van der Waals surface area contributed by atoms with Crippen LogP contribution >= 0.6 is 0 Å². The van der Waals surface area contributed by atoms with Crippen LogP contribution in [-0.4, -0.2) is 59.7 Å². The predicted molar refractivity (Wildman–Crippen MR) is 151 cm³/mol. The van der Waals surface area contributed by atoms with Gasteiger partial charge in [0, 0.05) is 62.6 Å². The number of nitrogens with zero attached hydrogens (tertiary/aromatic N) is 6. The molecule has 0 aliphatic heterocycles. The second-order valence-corrected chi connectivity index (χ2v) is 8.71. The number of nitroso groups, excluding NO2 is 1. The summed E-state index contributed by atoms with van der Waals surface area (Å²) in [6, 6.07) is 13.6. The summed E-state index contributed by atoms with van der Waals surface area (Å²) in [5.41, 5.74) is 4.63. The summed E-state index contributed by atoms with van der Waals surface area (Å²) < 4.78 is 7.72. The molecule has 0 aliphatic carbocycles. The maximum Gasteiger partial charge on any atom is 0.247 e. The maximum absolute atomic E-state index is 12.2. The van der Waals surface area contributed by atoms with Crippen LogP contribution in [0.15, 0.2) is 72.8 Å². The molecule has 38 heavy (non-hydrogen) atoms. The van der Waals surface area contributed by atoms with Crippen LogP contribution in [0.1, 0.15) is 0 Å². The molecule has 2 heterocycles. The number of hydrogen-bond acceptors (Lipinski definition) is 8. The molecular weight excluding hydrogens is 484 g/mol. The summed E-state index contributed by atoms with van der Waals surface area (Å²) in [4.78, 5) is 34.0. The molecule has 0 atom stereocenters. The first-order valence-electron chi connectivity index (χ1n) is 11.9. The number of nitrogens with one attached hydrogen (secondary N) is 2. The SMILES string of the molecule is C=CC(=O)Nc1cc(Nc2nccc(-c3cn(C)c4ccccc34)n2)c(OC)cc1N(C)CCN(C)N=O. The van der Waals surface area contributed by atoms with E-state index in [1.807, 2.05) is 43.4 Å². The predicted octanol–water partition coefficient (Wildman–Crippen LogP) is 4.56. The van der Waals surface area contributed by atoms with Crippen LogP contribution in [0.3, 0.4) is 0 Å². The Bertz CT molecular complexity index is 1480. The van der Waals surface area contributed by atoms with Gasteiger partial charge in [-0.05, 0) is 24.3 Å². The van der Waals surface area contributed by atoms with Gasteiger partial charge in [-0.15, -0.1) is 4.91 Å². The second-order valence-electron chi connectivity index (χ2n) is 8.71. The number of rotatable bonds is 11. The van der Waals surface area contributed by atoms with Crippen molar-refractivity contribution < 1.29 is 9.53 Å². The van der Waals surface area contributed by atoms with E-state index in [1.165, 1.54) is 11.1 Å². The Hall–Kier alpha value is -4.93. The van der Waals surface area contributed by atoms with Crippen molar-refractivity contribution in [2.45, 2.75) is 0 Å². The van der Waals surface area contributed by atoms with Crippen molar-refractivity contribution in [1.29, 1.82) is 0 Å². The van der Waals surface area contributed by atoms with E-state index in [-0.39, 0.29) is 5.91 Å². The second kappa shape index (κ2) is 11.4. The molecule has 4 rings (SSSR count). The molecule has 196 valence electrons. The lowest BCUT2D eigenvalue weighted by atomic mass is 10.1. The van der Waals surface area contributed by atoms with Gasteiger partial charge in [-0.25, -0.2) is 9.97 Å². The fraction of sp³-hybridized carbons (Fsp3) is 0.222. The standard InChI is InChI=1S/C27H30N8O3/c1-6-26(36)29-21-15-22(25(38-5)16-24(21)33(2)13-14-35(4)32-37)31-27-28-12-11-20(30-27)19-17-34(3)23-10-8-7-9-18(19)23/h6-12,15-17H,1,13-14H2,2-5H3,(H,29,36)(H,28,30,31). The van der Waals surface area contributed by atoms with E-state index in [0.29, 0.717) is 41.8 Å². The fourth-order valence-corrected chi connectivity index (χ4v) is 4.13. The quantitative estimate of drug-likeness (QED) is 0.170. The number of methoxy groups -OCH3 is 1. The number of ether oxygens (including phenoxy) is 1. The Balaban J connectivity index is 1.70. The van der Waals surface area contributed by atoms with Crippen molar-refractivity contribution in [3.8, 4) is 17.0 Å². The number of anilines is 4. The van der Waals surface area contributed by atoms with E-state index < -0.39 is 0 Å². The van der Waals surface area contributed by atoms with E-state index in [1.54, 1.807) is 32.5 Å². The third-order valence-corrected chi connectivity index (χ3v) is 6.15. The van der Waals surface area contributed by atoms with Crippen molar-refractivity contribution >= 4 is 39.8 Å². The summed E-state index contributed by atoms with van der Waals surface area (Å²) >= 11 is 0. The van der Waals surface area contributed by atoms with Crippen molar-refractivity contribution in [1.82, 2.24) is 19.5 Å². The van der Waals surface area contributed by atoms with E-state index in [0.717, 1.165) is 22.2 Å². The van der Waals surface area contributed by atoms with Crippen LogP contribution in [-0.2, 0) is 11.8 Å². The molecule has 11 heteroatoms. The van der Waals surface area contributed by atoms with Gasteiger partial charge in [0.2, 0.25) is 11.9 Å². The van der Waals surface area contributed by atoms with E-state index in [2.05, 4.69) is 44.2 Å². The van der Waals surface area contributed by atoms with E-state index >= 15 is 0 Å². The number of likely N-dealkylation sites (N-methyl/N-ethyl adjacent to an activating group) is 2. The number of carbonyl (C=O) groups is 1. The topological polar surface area (TPSA) is 117 Å². The van der Waals surface area contributed by atoms with Gasteiger partial charge in [0.25, 0.3) is 0 Å². The molecule has 0 aliphatic rings. The molecular formula is C27H30N8O3. The normalized spacial score (nSPS) is 10.6. The highest BCUT2D eigenvalue weighted by Gasteiger charge is 2.17. The maximum atomic E-state index is 12.2. The third-order valence-electron chi connectivity index (χ3n) is 6.15. The minimum Gasteiger partial charge on any atom is -0.494 e. The number of para-hydroxylation sites is 1. The molecule has 0 saturated carbocycles. The van der Waals surface area contributed by atoms with Gasteiger partial charge < -0.3 is 24.8 Å². The molecule has 0 radical (unpaired) electrons. The first-order valence-corrected chi connectivity index (χ1v) is 11.9. The molecule has 0 saturated heterocycles. The molecule has 1 amide bonds. The van der Waals surface area contributed by atoms with Gasteiger partial charge in [-0.2, -0.15) is 0 Å². The van der Waals surface area contributed by atoms with Crippen LogP contribution in [0.5, 0.6) is 5.75 Å². The van der Waals surface area contributed by atoms with Crippen LogP contribution in [0, 0.1) is 4.91 Å². The van der Waals surface area contributed by atoms with Crippen LogP contribution in [0.4, 0.5) is 23.0 Å². The molecule has 2 aromatic heterocycles. The van der Waals surface area contributed by atoms with E-state index in [9.17, 15) is 9.70 Å². The highest BCUT2D eigenvalue weighted by molar-refractivity contribution is 6.02. The Labute approximate surface area is 220 Å². The van der Waals surface area contributed by atoms with Crippen molar-refractivity contribution in [2.75, 3.05) is 49.8 Å². The first kappa shape index (κ1) is 26.1. The largest absolute Gasteiger partial charge is 0.494 e. The van der Waals surface area contributed by atoms with Gasteiger partial charge in [0.05, 0.1) is 41.7 Å². The average Bonchev–Trinajstić information content (AvgIpc) is 3.28. The Morgan fingerprint density at radius 3 is 2.71 bits per heavy atom. The number of hydrogen-bond donors (Lipinski definition) is 2. The Morgan fingerprint density at radius 2 is 1.97 bits per heavy atom. The molecule has 0 bridgehead atoms. The van der Waals surface area contributed by atoms with Gasteiger partial charge in [0.1, 0.15) is 5.75 Å². The zero-order chi connectivity index (χ0) is 27.2. The number of benzene rings is 2. The monoisotopic (exact) mass is 514 g/mol. The highest BCUT2D eigenvalue weighted by Crippen LogP contribution is 2.38. The van der Waals surface area contributed by atoms with E-state index in [4.69, 9.17) is 9.72 Å². The van der Waals surface area contributed by atoms with Crippen LogP contribution in [0.2, 0.25) is 0 Å². The van der Waals surface area contributed by atoms with Gasteiger partial charge in [-0.3, -0.25) is 9.80 Å². The van der Waals surface area contributed by atoms with Crippen molar-refractivity contribution in [3.63, 3.8) is 0 Å². The average molecular weight is 515 g/mol. The summed E-state index contributed by atoms with van der Waals surface area (Å²) in [6.45, 7) is 4.42. The first-order chi connectivity index (χ1) is 18.3. The molecule has 2 N–H and O–H groups in total. The minimum atomic E-state index is -0.364.